The van der Waals surface area contributed by atoms with Crippen molar-refractivity contribution in [1.82, 2.24) is 10.1 Å². The van der Waals surface area contributed by atoms with Crippen LogP contribution < -0.4 is 5.32 Å². The number of anilines is 1. The summed E-state index contributed by atoms with van der Waals surface area (Å²) in [6.07, 6.45) is 1.05. The number of aryl methyl sites for hydroxylation is 1. The van der Waals surface area contributed by atoms with Gasteiger partial charge >= 0.3 is 0 Å². The highest BCUT2D eigenvalue weighted by molar-refractivity contribution is 7.13. The average molecular weight is 285 g/mol. The van der Waals surface area contributed by atoms with Crippen molar-refractivity contribution in [2.45, 2.75) is 19.9 Å². The first-order valence-electron chi connectivity index (χ1n) is 6.54. The van der Waals surface area contributed by atoms with Gasteiger partial charge in [-0.05, 0) is 35.6 Å². The number of rotatable bonds is 5. The van der Waals surface area contributed by atoms with E-state index in [0.29, 0.717) is 18.3 Å². The smallest absolute Gasteiger partial charge is 0.246 e. The molecule has 0 saturated heterocycles. The van der Waals surface area contributed by atoms with E-state index < -0.39 is 0 Å². The van der Waals surface area contributed by atoms with Crippen molar-refractivity contribution in [2.24, 2.45) is 0 Å². The molecule has 3 rings (SSSR count). The number of benzene rings is 1. The monoisotopic (exact) mass is 285 g/mol. The lowest BCUT2D eigenvalue weighted by Crippen LogP contribution is -1.99. The summed E-state index contributed by atoms with van der Waals surface area (Å²) >= 11 is 1.60. The van der Waals surface area contributed by atoms with Crippen molar-refractivity contribution in [1.29, 1.82) is 0 Å². The molecule has 0 unspecified atom stereocenters. The lowest BCUT2D eigenvalue weighted by Gasteiger charge is -2.03. The number of hydrogen-bond acceptors (Lipinski definition) is 5. The van der Waals surface area contributed by atoms with E-state index in [1.165, 1.54) is 5.56 Å². The summed E-state index contributed by atoms with van der Waals surface area (Å²) in [5.74, 6) is 1.24. The van der Waals surface area contributed by atoms with Gasteiger partial charge in [0.25, 0.3) is 0 Å². The van der Waals surface area contributed by atoms with Crippen LogP contribution in [0.15, 0.2) is 46.3 Å². The fourth-order valence-corrected chi connectivity index (χ4v) is 2.52. The third-order valence-electron chi connectivity index (χ3n) is 3.02. The summed E-state index contributed by atoms with van der Waals surface area (Å²) in [7, 11) is 0. The minimum atomic E-state index is 0.532. The van der Waals surface area contributed by atoms with Crippen molar-refractivity contribution in [3.8, 4) is 10.7 Å². The van der Waals surface area contributed by atoms with Gasteiger partial charge in [-0.3, -0.25) is 0 Å². The van der Waals surface area contributed by atoms with E-state index in [0.717, 1.165) is 17.0 Å². The predicted octanol–water partition coefficient (Wildman–Crippen LogP) is 3.97. The number of nitrogens with zero attached hydrogens (tertiary/aromatic N) is 2. The molecule has 0 bridgehead atoms. The molecular weight excluding hydrogens is 270 g/mol. The Labute approximate surface area is 121 Å². The fraction of sp³-hybridized carbons (Fsp3) is 0.200. The van der Waals surface area contributed by atoms with E-state index in [4.69, 9.17) is 4.52 Å². The van der Waals surface area contributed by atoms with Crippen LogP contribution in [0.2, 0.25) is 0 Å². The van der Waals surface area contributed by atoms with E-state index in [1.54, 1.807) is 11.3 Å². The molecule has 0 fully saturated rings. The van der Waals surface area contributed by atoms with Crippen molar-refractivity contribution in [3.63, 3.8) is 0 Å². The summed E-state index contributed by atoms with van der Waals surface area (Å²) < 4.78 is 5.24. The van der Waals surface area contributed by atoms with E-state index in [2.05, 4.69) is 46.6 Å². The number of hydrogen-bond donors (Lipinski definition) is 1. The molecule has 5 heteroatoms. The van der Waals surface area contributed by atoms with Crippen LogP contribution in [0.1, 0.15) is 18.4 Å². The number of aromatic nitrogens is 2. The molecule has 0 atom stereocenters. The van der Waals surface area contributed by atoms with Gasteiger partial charge in [-0.2, -0.15) is 4.98 Å². The maximum Gasteiger partial charge on any atom is 0.246 e. The van der Waals surface area contributed by atoms with Gasteiger partial charge in [0.15, 0.2) is 0 Å². The zero-order valence-corrected chi connectivity index (χ0v) is 12.0. The van der Waals surface area contributed by atoms with Crippen molar-refractivity contribution in [2.75, 3.05) is 5.32 Å². The Kier molecular flexibility index (Phi) is 3.78. The van der Waals surface area contributed by atoms with Gasteiger partial charge < -0.3 is 9.84 Å². The molecule has 1 aromatic carbocycles. The zero-order valence-electron chi connectivity index (χ0n) is 11.2. The first-order chi connectivity index (χ1) is 9.85. The van der Waals surface area contributed by atoms with Crippen molar-refractivity contribution >= 4 is 17.0 Å². The molecule has 2 heterocycles. The van der Waals surface area contributed by atoms with Crippen LogP contribution in [-0.4, -0.2) is 10.1 Å². The quantitative estimate of drug-likeness (QED) is 0.770. The van der Waals surface area contributed by atoms with Gasteiger partial charge in [0.2, 0.25) is 11.7 Å². The van der Waals surface area contributed by atoms with Crippen LogP contribution >= 0.6 is 11.3 Å². The van der Waals surface area contributed by atoms with E-state index >= 15 is 0 Å². The van der Waals surface area contributed by atoms with Gasteiger partial charge in [-0.25, -0.2) is 0 Å². The van der Waals surface area contributed by atoms with Crippen LogP contribution in [0.3, 0.4) is 0 Å². The van der Waals surface area contributed by atoms with Crippen LogP contribution in [0.5, 0.6) is 0 Å². The van der Waals surface area contributed by atoms with E-state index in [1.807, 2.05) is 17.5 Å². The molecule has 4 nitrogen and oxygen atoms in total. The second kappa shape index (κ2) is 5.88. The molecule has 3 aromatic rings. The molecule has 102 valence electrons. The zero-order chi connectivity index (χ0) is 13.8. The minimum Gasteiger partial charge on any atom is -0.376 e. The molecule has 0 saturated carbocycles. The Balaban J connectivity index is 1.63. The van der Waals surface area contributed by atoms with Gasteiger partial charge in [-0.1, -0.05) is 30.3 Å². The molecule has 0 aliphatic heterocycles. The maximum atomic E-state index is 5.24. The SMILES string of the molecule is CCc1ccc(NCc2nc(-c3cccs3)no2)cc1. The highest BCUT2D eigenvalue weighted by Gasteiger charge is 2.08. The van der Waals surface area contributed by atoms with Crippen LogP contribution in [0.4, 0.5) is 5.69 Å². The Morgan fingerprint density at radius 1 is 1.20 bits per heavy atom. The van der Waals surface area contributed by atoms with E-state index in [-0.39, 0.29) is 0 Å². The maximum absolute atomic E-state index is 5.24. The molecular formula is C15H15N3OS. The summed E-state index contributed by atoms with van der Waals surface area (Å²) in [5, 5.41) is 9.26. The first-order valence-corrected chi connectivity index (χ1v) is 7.42. The standard InChI is InChI=1S/C15H15N3OS/c1-2-11-5-7-12(8-6-11)16-10-14-17-15(18-19-14)13-4-3-9-20-13/h3-9,16H,2,10H2,1H3. The Morgan fingerprint density at radius 2 is 2.05 bits per heavy atom. The third-order valence-corrected chi connectivity index (χ3v) is 3.88. The second-order valence-corrected chi connectivity index (χ2v) is 5.34. The molecule has 0 aliphatic carbocycles. The Morgan fingerprint density at radius 3 is 2.75 bits per heavy atom. The van der Waals surface area contributed by atoms with Crippen molar-refractivity contribution in [3.05, 3.63) is 53.2 Å². The largest absolute Gasteiger partial charge is 0.376 e. The molecule has 0 radical (unpaired) electrons. The van der Waals surface area contributed by atoms with Gasteiger partial charge in [0.05, 0.1) is 11.4 Å². The molecule has 2 aromatic heterocycles. The summed E-state index contributed by atoms with van der Waals surface area (Å²) in [6.45, 7) is 2.68. The summed E-state index contributed by atoms with van der Waals surface area (Å²) in [6, 6.07) is 12.3. The topological polar surface area (TPSA) is 51.0 Å². The average Bonchev–Trinajstić information content (AvgIpc) is 3.16. The van der Waals surface area contributed by atoms with Crippen molar-refractivity contribution < 1.29 is 4.52 Å². The second-order valence-electron chi connectivity index (χ2n) is 4.39. The van der Waals surface area contributed by atoms with E-state index in [9.17, 15) is 0 Å². The van der Waals surface area contributed by atoms with Gasteiger partial charge in [0, 0.05) is 5.69 Å². The highest BCUT2D eigenvalue weighted by atomic mass is 32.1. The van der Waals surface area contributed by atoms with Gasteiger partial charge in [0.1, 0.15) is 0 Å². The lowest BCUT2D eigenvalue weighted by atomic mass is 10.1. The molecule has 1 N–H and O–H groups in total. The Hall–Kier alpha value is -2.14. The summed E-state index contributed by atoms with van der Waals surface area (Å²) in [5.41, 5.74) is 2.38. The highest BCUT2D eigenvalue weighted by Crippen LogP contribution is 2.21. The van der Waals surface area contributed by atoms with Gasteiger partial charge in [-0.15, -0.1) is 11.3 Å². The fourth-order valence-electron chi connectivity index (χ4n) is 1.87. The molecule has 0 amide bonds. The summed E-state index contributed by atoms with van der Waals surface area (Å²) in [4.78, 5) is 5.39. The Bertz CT molecular complexity index is 659. The molecule has 0 spiro atoms. The molecule has 20 heavy (non-hydrogen) atoms. The normalized spacial score (nSPS) is 10.7. The predicted molar refractivity (Wildman–Crippen MR) is 80.8 cm³/mol. The minimum absolute atomic E-state index is 0.532. The molecule has 0 aliphatic rings. The van der Waals surface area contributed by atoms with Crippen LogP contribution in [0, 0.1) is 0 Å². The third kappa shape index (κ3) is 2.88. The number of nitrogens with one attached hydrogen (secondary N) is 1. The number of thiophene rings is 1. The van der Waals surface area contributed by atoms with Crippen LogP contribution in [-0.2, 0) is 13.0 Å². The lowest BCUT2D eigenvalue weighted by molar-refractivity contribution is 0.384. The first kappa shape index (κ1) is 12.9. The van der Waals surface area contributed by atoms with Crippen LogP contribution in [0.25, 0.3) is 10.7 Å².